The van der Waals surface area contributed by atoms with Crippen LogP contribution in [0.15, 0.2) is 48.9 Å². The number of carbonyl (C=O) groups is 2. The van der Waals surface area contributed by atoms with Crippen molar-refractivity contribution in [2.24, 2.45) is 7.05 Å². The van der Waals surface area contributed by atoms with E-state index in [9.17, 15) is 9.59 Å². The molecule has 9 nitrogen and oxygen atoms in total. The van der Waals surface area contributed by atoms with Crippen LogP contribution in [0, 0.1) is 6.92 Å². The summed E-state index contributed by atoms with van der Waals surface area (Å²) in [7, 11) is 2.90. The topological polar surface area (TPSA) is 103 Å². The summed E-state index contributed by atoms with van der Waals surface area (Å²) in [6.07, 6.45) is 4.61. The van der Waals surface area contributed by atoms with Crippen LogP contribution in [0.5, 0.6) is 0 Å². The number of methoxy groups -OCH3 is 1. The van der Waals surface area contributed by atoms with Gasteiger partial charge in [-0.2, -0.15) is 10.2 Å². The Morgan fingerprint density at radius 3 is 2.62 bits per heavy atom. The van der Waals surface area contributed by atoms with Crippen molar-refractivity contribution in [2.45, 2.75) is 6.92 Å². The van der Waals surface area contributed by atoms with Gasteiger partial charge in [-0.05, 0) is 13.0 Å². The summed E-state index contributed by atoms with van der Waals surface area (Å²) < 4.78 is 7.75. The Hall–Kier alpha value is -4.01. The lowest BCUT2D eigenvalue weighted by Crippen LogP contribution is -2.15. The van der Waals surface area contributed by atoms with Gasteiger partial charge in [-0.1, -0.05) is 29.8 Å². The predicted octanol–water partition coefficient (Wildman–Crippen LogP) is 2.48. The fraction of sp³-hybridized carbons (Fsp3) is 0.150. The molecule has 0 bridgehead atoms. The van der Waals surface area contributed by atoms with E-state index in [0.29, 0.717) is 5.65 Å². The summed E-state index contributed by atoms with van der Waals surface area (Å²) in [6, 6.07) is 9.83. The van der Waals surface area contributed by atoms with Crippen LogP contribution < -0.4 is 5.32 Å². The van der Waals surface area contributed by atoms with Gasteiger partial charge in [0.15, 0.2) is 11.3 Å². The molecule has 4 rings (SSSR count). The Morgan fingerprint density at radius 1 is 1.14 bits per heavy atom. The van der Waals surface area contributed by atoms with Crippen molar-refractivity contribution in [3.63, 3.8) is 0 Å². The molecule has 0 fully saturated rings. The highest BCUT2D eigenvalue weighted by Crippen LogP contribution is 2.22. The SMILES string of the molecule is COC(=O)c1nn(C)cc1NC(=O)c1cnn2c(-c3ccc(C)cc3)ccnc12. The molecule has 0 unspecified atom stereocenters. The van der Waals surface area contributed by atoms with E-state index in [0.717, 1.165) is 16.8 Å². The molecule has 0 radical (unpaired) electrons. The van der Waals surface area contributed by atoms with Gasteiger partial charge in [-0.3, -0.25) is 9.48 Å². The van der Waals surface area contributed by atoms with Crippen molar-refractivity contribution in [1.82, 2.24) is 24.4 Å². The van der Waals surface area contributed by atoms with Crippen LogP contribution in [0.2, 0.25) is 0 Å². The van der Waals surface area contributed by atoms with Crippen molar-refractivity contribution in [3.8, 4) is 11.3 Å². The lowest BCUT2D eigenvalue weighted by molar-refractivity contribution is 0.0594. The molecular formula is C20H18N6O3. The third-order valence-electron chi connectivity index (χ3n) is 4.45. The Morgan fingerprint density at radius 2 is 1.90 bits per heavy atom. The molecule has 0 saturated heterocycles. The largest absolute Gasteiger partial charge is 0.464 e. The number of aromatic nitrogens is 5. The molecule has 1 N–H and O–H groups in total. The number of carbonyl (C=O) groups excluding carboxylic acids is 2. The van der Waals surface area contributed by atoms with E-state index in [2.05, 4.69) is 20.5 Å². The zero-order valence-electron chi connectivity index (χ0n) is 16.1. The minimum atomic E-state index is -0.638. The van der Waals surface area contributed by atoms with E-state index in [4.69, 9.17) is 4.74 Å². The maximum atomic E-state index is 12.9. The summed E-state index contributed by atoms with van der Waals surface area (Å²) in [6.45, 7) is 2.02. The third-order valence-corrected chi connectivity index (χ3v) is 4.45. The molecular weight excluding hydrogens is 372 g/mol. The predicted molar refractivity (Wildman–Crippen MR) is 106 cm³/mol. The second-order valence-electron chi connectivity index (χ2n) is 6.50. The molecule has 3 heterocycles. The Bertz CT molecular complexity index is 1220. The van der Waals surface area contributed by atoms with E-state index in [1.807, 2.05) is 37.3 Å². The van der Waals surface area contributed by atoms with Crippen LogP contribution in [0.4, 0.5) is 5.69 Å². The lowest BCUT2D eigenvalue weighted by Gasteiger charge is -2.06. The first kappa shape index (κ1) is 18.4. The van der Waals surface area contributed by atoms with Gasteiger partial charge in [0.2, 0.25) is 0 Å². The van der Waals surface area contributed by atoms with Crippen molar-refractivity contribution < 1.29 is 14.3 Å². The quantitative estimate of drug-likeness (QED) is 0.537. The maximum absolute atomic E-state index is 12.9. The van der Waals surface area contributed by atoms with Crippen LogP contribution >= 0.6 is 0 Å². The summed E-state index contributed by atoms with van der Waals surface area (Å²) in [5, 5.41) is 11.1. The van der Waals surface area contributed by atoms with E-state index in [1.54, 1.807) is 17.8 Å². The van der Waals surface area contributed by atoms with Crippen LogP contribution in [0.1, 0.15) is 26.4 Å². The number of ether oxygens (including phenoxy) is 1. The van der Waals surface area contributed by atoms with Gasteiger partial charge in [-0.25, -0.2) is 14.3 Å². The minimum Gasteiger partial charge on any atom is -0.464 e. The Kier molecular flexibility index (Phi) is 4.55. The number of amides is 1. The van der Waals surface area contributed by atoms with Gasteiger partial charge >= 0.3 is 5.97 Å². The molecule has 0 spiro atoms. The fourth-order valence-corrected chi connectivity index (χ4v) is 3.01. The number of hydrogen-bond acceptors (Lipinski definition) is 6. The van der Waals surface area contributed by atoms with Crippen LogP contribution in [0.3, 0.4) is 0 Å². The molecule has 3 aromatic heterocycles. The molecule has 146 valence electrons. The van der Waals surface area contributed by atoms with Gasteiger partial charge < -0.3 is 10.1 Å². The van der Waals surface area contributed by atoms with Gasteiger partial charge in [0.05, 0.1) is 24.7 Å². The molecule has 0 aliphatic rings. The first-order valence-corrected chi connectivity index (χ1v) is 8.81. The summed E-state index contributed by atoms with van der Waals surface area (Å²) in [5.41, 5.74) is 3.87. The highest BCUT2D eigenvalue weighted by atomic mass is 16.5. The van der Waals surface area contributed by atoms with Crippen molar-refractivity contribution in [2.75, 3.05) is 12.4 Å². The number of benzene rings is 1. The number of esters is 1. The normalized spacial score (nSPS) is 10.9. The van der Waals surface area contributed by atoms with Crippen LogP contribution in [-0.4, -0.2) is 43.4 Å². The highest BCUT2D eigenvalue weighted by Gasteiger charge is 2.22. The fourth-order valence-electron chi connectivity index (χ4n) is 3.01. The second kappa shape index (κ2) is 7.19. The monoisotopic (exact) mass is 390 g/mol. The average molecular weight is 390 g/mol. The maximum Gasteiger partial charge on any atom is 0.360 e. The van der Waals surface area contributed by atoms with E-state index >= 15 is 0 Å². The van der Waals surface area contributed by atoms with Gasteiger partial charge in [0.25, 0.3) is 5.91 Å². The lowest BCUT2D eigenvalue weighted by atomic mass is 10.1. The summed E-state index contributed by atoms with van der Waals surface area (Å²) in [5.74, 6) is -1.09. The van der Waals surface area contributed by atoms with E-state index < -0.39 is 11.9 Å². The summed E-state index contributed by atoms with van der Waals surface area (Å²) in [4.78, 5) is 29.0. The molecule has 0 saturated carbocycles. The molecule has 9 heteroatoms. The molecule has 0 aliphatic carbocycles. The average Bonchev–Trinajstić information content (AvgIpc) is 3.31. The number of anilines is 1. The van der Waals surface area contributed by atoms with Gasteiger partial charge in [0, 0.05) is 25.0 Å². The number of nitrogens with zero attached hydrogens (tertiary/aromatic N) is 5. The first-order chi connectivity index (χ1) is 14.0. The summed E-state index contributed by atoms with van der Waals surface area (Å²) >= 11 is 0. The standard InChI is InChI=1S/C20H18N6O3/c1-12-4-6-13(7-5-12)16-8-9-21-18-14(10-22-26(16)18)19(27)23-15-11-25(2)24-17(15)20(28)29-3/h4-11H,1-3H3,(H,23,27). The van der Waals surface area contributed by atoms with Crippen LogP contribution in [-0.2, 0) is 11.8 Å². The molecule has 1 aromatic carbocycles. The highest BCUT2D eigenvalue weighted by molar-refractivity contribution is 6.10. The van der Waals surface area contributed by atoms with Crippen molar-refractivity contribution >= 4 is 23.2 Å². The molecule has 4 aromatic rings. The first-order valence-electron chi connectivity index (χ1n) is 8.81. The Balaban J connectivity index is 1.71. The van der Waals surface area contributed by atoms with Gasteiger partial charge in [-0.15, -0.1) is 0 Å². The third kappa shape index (κ3) is 3.33. The van der Waals surface area contributed by atoms with E-state index in [1.165, 1.54) is 24.2 Å². The van der Waals surface area contributed by atoms with E-state index in [-0.39, 0.29) is 16.9 Å². The van der Waals surface area contributed by atoms with Crippen molar-refractivity contribution in [3.05, 3.63) is 65.7 Å². The Labute approximate surface area is 165 Å². The smallest absolute Gasteiger partial charge is 0.360 e. The van der Waals surface area contributed by atoms with Crippen LogP contribution in [0.25, 0.3) is 16.9 Å². The minimum absolute atomic E-state index is 0.0214. The number of nitrogens with one attached hydrogen (secondary N) is 1. The second-order valence-corrected chi connectivity index (χ2v) is 6.50. The number of rotatable bonds is 4. The molecule has 0 atom stereocenters. The molecule has 1 amide bonds. The van der Waals surface area contributed by atoms with Crippen molar-refractivity contribution in [1.29, 1.82) is 0 Å². The molecule has 0 aliphatic heterocycles. The zero-order chi connectivity index (χ0) is 20.5. The van der Waals surface area contributed by atoms with Gasteiger partial charge in [0.1, 0.15) is 5.56 Å². The number of aryl methyl sites for hydroxylation is 2. The zero-order valence-corrected chi connectivity index (χ0v) is 16.1. The number of hydrogen-bond donors (Lipinski definition) is 1. The number of fused-ring (bicyclic) bond motifs is 1. The molecule has 29 heavy (non-hydrogen) atoms.